The maximum atomic E-state index is 11.7. The van der Waals surface area contributed by atoms with Crippen molar-refractivity contribution in [2.45, 2.75) is 51.2 Å². The zero-order valence-electron chi connectivity index (χ0n) is 11.9. The molecule has 19 heavy (non-hydrogen) atoms. The maximum Gasteiger partial charge on any atom is 0.150 e. The zero-order chi connectivity index (χ0) is 13.7. The molecule has 3 saturated heterocycles. The fourth-order valence-corrected chi connectivity index (χ4v) is 5.94. The molecule has 0 radical (unpaired) electrons. The van der Waals surface area contributed by atoms with Gasteiger partial charge < -0.3 is 10.1 Å². The average Bonchev–Trinajstić information content (AvgIpc) is 2.75. The van der Waals surface area contributed by atoms with Gasteiger partial charge in [0.15, 0.2) is 9.84 Å². The highest BCUT2D eigenvalue weighted by molar-refractivity contribution is 7.91. The minimum atomic E-state index is -2.78. The number of hydrogen-bond donors (Lipinski definition) is 1. The van der Waals surface area contributed by atoms with E-state index in [4.69, 9.17) is 4.74 Å². The van der Waals surface area contributed by atoms with Crippen LogP contribution in [0.1, 0.15) is 39.5 Å². The van der Waals surface area contributed by atoms with Gasteiger partial charge in [0.1, 0.15) is 0 Å². The Morgan fingerprint density at radius 1 is 1.26 bits per heavy atom. The van der Waals surface area contributed by atoms with E-state index in [-0.39, 0.29) is 11.0 Å². The fraction of sp³-hybridized carbons (Fsp3) is 1.00. The summed E-state index contributed by atoms with van der Waals surface area (Å²) in [6, 6.07) is 0. The Labute approximate surface area is 116 Å². The first kappa shape index (κ1) is 13.8. The maximum absolute atomic E-state index is 11.7. The number of sulfone groups is 1. The normalized spacial score (nSPS) is 39.1. The van der Waals surface area contributed by atoms with E-state index in [1.54, 1.807) is 0 Å². The highest BCUT2D eigenvalue weighted by atomic mass is 32.2. The van der Waals surface area contributed by atoms with Crippen molar-refractivity contribution >= 4 is 9.84 Å². The summed E-state index contributed by atoms with van der Waals surface area (Å²) in [5.74, 6) is 1.12. The summed E-state index contributed by atoms with van der Waals surface area (Å²) in [6.45, 7) is 6.23. The van der Waals surface area contributed by atoms with E-state index in [0.717, 1.165) is 38.8 Å². The van der Waals surface area contributed by atoms with E-state index in [1.165, 1.54) is 0 Å². The van der Waals surface area contributed by atoms with E-state index in [9.17, 15) is 8.42 Å². The smallest absolute Gasteiger partial charge is 0.150 e. The van der Waals surface area contributed by atoms with E-state index in [1.807, 2.05) is 0 Å². The van der Waals surface area contributed by atoms with Gasteiger partial charge in [-0.1, -0.05) is 0 Å². The summed E-state index contributed by atoms with van der Waals surface area (Å²) >= 11 is 0. The van der Waals surface area contributed by atoms with Gasteiger partial charge in [0.2, 0.25) is 0 Å². The molecule has 3 aliphatic heterocycles. The molecule has 0 aliphatic carbocycles. The molecular weight excluding hydrogens is 262 g/mol. The lowest BCUT2D eigenvalue weighted by Crippen LogP contribution is -2.59. The third-order valence-electron chi connectivity index (χ3n) is 5.24. The first-order valence-electron chi connectivity index (χ1n) is 7.39. The molecule has 0 bridgehead atoms. The Hall–Kier alpha value is -0.130. The van der Waals surface area contributed by atoms with Crippen molar-refractivity contribution in [1.82, 2.24) is 5.32 Å². The minimum absolute atomic E-state index is 0.00475. The van der Waals surface area contributed by atoms with Crippen molar-refractivity contribution in [3.63, 3.8) is 0 Å². The molecule has 3 rings (SSSR count). The van der Waals surface area contributed by atoms with Crippen molar-refractivity contribution in [2.75, 3.05) is 24.6 Å². The molecule has 0 aromatic heterocycles. The van der Waals surface area contributed by atoms with Gasteiger partial charge >= 0.3 is 0 Å². The van der Waals surface area contributed by atoms with Crippen LogP contribution in [0.25, 0.3) is 0 Å². The van der Waals surface area contributed by atoms with Crippen molar-refractivity contribution in [1.29, 1.82) is 0 Å². The van der Waals surface area contributed by atoms with Crippen molar-refractivity contribution < 1.29 is 13.2 Å². The zero-order valence-corrected chi connectivity index (χ0v) is 12.8. The first-order chi connectivity index (χ1) is 8.80. The van der Waals surface area contributed by atoms with Crippen LogP contribution in [0.5, 0.6) is 0 Å². The Kier molecular flexibility index (Phi) is 3.23. The predicted molar refractivity (Wildman–Crippen MR) is 74.9 cm³/mol. The molecule has 110 valence electrons. The van der Waals surface area contributed by atoms with Gasteiger partial charge in [0.05, 0.1) is 23.2 Å². The third-order valence-corrected chi connectivity index (χ3v) is 7.01. The van der Waals surface area contributed by atoms with Gasteiger partial charge in [-0.05, 0) is 45.4 Å². The lowest BCUT2D eigenvalue weighted by molar-refractivity contribution is -0.0551. The van der Waals surface area contributed by atoms with Gasteiger partial charge in [0.25, 0.3) is 0 Å². The molecule has 3 fully saturated rings. The Bertz CT molecular complexity index is 453. The van der Waals surface area contributed by atoms with Crippen LogP contribution in [0.15, 0.2) is 0 Å². The molecule has 0 aromatic carbocycles. The second-order valence-electron chi connectivity index (χ2n) is 7.31. The Balaban J connectivity index is 1.67. The molecule has 0 saturated carbocycles. The Morgan fingerprint density at radius 3 is 2.42 bits per heavy atom. The number of nitrogens with one attached hydrogen (secondary N) is 1. The van der Waals surface area contributed by atoms with Crippen LogP contribution in [-0.4, -0.2) is 44.7 Å². The number of hydrogen-bond acceptors (Lipinski definition) is 4. The topological polar surface area (TPSA) is 55.4 Å². The van der Waals surface area contributed by atoms with Crippen LogP contribution in [0, 0.1) is 11.3 Å². The van der Waals surface area contributed by atoms with E-state index in [0.29, 0.717) is 23.5 Å². The first-order valence-corrected chi connectivity index (χ1v) is 9.21. The van der Waals surface area contributed by atoms with Gasteiger partial charge in [0, 0.05) is 18.5 Å². The molecule has 3 heterocycles. The summed E-state index contributed by atoms with van der Waals surface area (Å²) in [5.41, 5.74) is 0.180. The third kappa shape index (κ3) is 2.69. The monoisotopic (exact) mass is 287 g/mol. The molecule has 1 N–H and O–H groups in total. The SMILES string of the molecule is CC1(C)CCC(CC2(C3CCS(=O)(=O)C3)CNC2)O1. The predicted octanol–water partition coefficient (Wildman–Crippen LogP) is 1.36. The van der Waals surface area contributed by atoms with Crippen LogP contribution in [0.4, 0.5) is 0 Å². The lowest BCUT2D eigenvalue weighted by Gasteiger charge is -2.48. The molecule has 5 heteroatoms. The van der Waals surface area contributed by atoms with Gasteiger partial charge in [-0.15, -0.1) is 0 Å². The molecule has 0 amide bonds. The summed E-state index contributed by atoms with van der Waals surface area (Å²) in [6.07, 6.45) is 4.43. The summed E-state index contributed by atoms with van der Waals surface area (Å²) in [5, 5.41) is 3.35. The Morgan fingerprint density at radius 2 is 2.00 bits per heavy atom. The quantitative estimate of drug-likeness (QED) is 0.851. The molecule has 0 aromatic rings. The molecule has 2 unspecified atom stereocenters. The van der Waals surface area contributed by atoms with Gasteiger partial charge in [-0.2, -0.15) is 0 Å². The van der Waals surface area contributed by atoms with Crippen LogP contribution in [-0.2, 0) is 14.6 Å². The van der Waals surface area contributed by atoms with Gasteiger partial charge in [-0.3, -0.25) is 0 Å². The highest BCUT2D eigenvalue weighted by Crippen LogP contribution is 2.45. The average molecular weight is 287 g/mol. The van der Waals surface area contributed by atoms with Crippen LogP contribution in [0.3, 0.4) is 0 Å². The largest absolute Gasteiger partial charge is 0.372 e. The second-order valence-corrected chi connectivity index (χ2v) is 9.54. The molecule has 3 aliphatic rings. The summed E-state index contributed by atoms with van der Waals surface area (Å²) in [7, 11) is -2.78. The molecule has 2 atom stereocenters. The molecule has 4 nitrogen and oxygen atoms in total. The number of ether oxygens (including phenoxy) is 1. The summed E-state index contributed by atoms with van der Waals surface area (Å²) in [4.78, 5) is 0. The van der Waals surface area contributed by atoms with E-state index in [2.05, 4.69) is 19.2 Å². The lowest BCUT2D eigenvalue weighted by atomic mass is 9.67. The van der Waals surface area contributed by atoms with Crippen LogP contribution < -0.4 is 5.32 Å². The molecule has 0 spiro atoms. The van der Waals surface area contributed by atoms with Crippen LogP contribution >= 0.6 is 0 Å². The minimum Gasteiger partial charge on any atom is -0.372 e. The fourth-order valence-electron chi connectivity index (χ4n) is 4.00. The van der Waals surface area contributed by atoms with Crippen molar-refractivity contribution in [2.24, 2.45) is 11.3 Å². The summed E-state index contributed by atoms with van der Waals surface area (Å²) < 4.78 is 29.5. The van der Waals surface area contributed by atoms with Crippen molar-refractivity contribution in [3.8, 4) is 0 Å². The standard InChI is InChI=1S/C14H25NO3S/c1-13(2)5-3-12(18-13)7-14(9-15-10-14)11-4-6-19(16,17)8-11/h11-12,15H,3-10H2,1-2H3. The van der Waals surface area contributed by atoms with Gasteiger partial charge in [-0.25, -0.2) is 8.42 Å². The highest BCUT2D eigenvalue weighted by Gasteiger charge is 2.50. The van der Waals surface area contributed by atoms with Crippen LogP contribution in [0.2, 0.25) is 0 Å². The number of rotatable bonds is 3. The van der Waals surface area contributed by atoms with Crippen molar-refractivity contribution in [3.05, 3.63) is 0 Å². The van der Waals surface area contributed by atoms with E-state index >= 15 is 0 Å². The van der Waals surface area contributed by atoms with E-state index < -0.39 is 9.84 Å². The second kappa shape index (κ2) is 4.43. The molecular formula is C14H25NO3S.